The quantitative estimate of drug-likeness (QED) is 0.0952. The largest absolute Gasteiger partial charge is 0.307 e. The zero-order valence-corrected chi connectivity index (χ0v) is 23.4. The number of aliphatic imine (C=N–C) groups is 1. The summed E-state index contributed by atoms with van der Waals surface area (Å²) in [6, 6.07) is 0. The summed E-state index contributed by atoms with van der Waals surface area (Å²) < 4.78 is 0.857. The standard InChI is InChI=1S/C30H57N3O/c1-5-7-8-9-10-11-12-13-14-15-16-17-18-19-20-21-22-23-24-25-30-31-26-27-33(30,6-2)28(3)32-29(4)34/h9-10,28H,5-8,11-27H2,1-4H3/p+1/b10-9+. The van der Waals surface area contributed by atoms with Gasteiger partial charge in [-0.3, -0.25) is 9.28 Å². The van der Waals surface area contributed by atoms with E-state index in [1.807, 2.05) is 0 Å². The van der Waals surface area contributed by atoms with E-state index in [9.17, 15) is 4.79 Å². The number of likely N-dealkylation sites (N-methyl/N-ethyl adjacent to an activating group) is 1. The molecule has 2 atom stereocenters. The molecule has 1 amide bonds. The first-order valence-electron chi connectivity index (χ1n) is 14.9. The highest BCUT2D eigenvalue weighted by atomic mass is 16.1. The lowest BCUT2D eigenvalue weighted by Crippen LogP contribution is -2.62. The van der Waals surface area contributed by atoms with Gasteiger partial charge in [-0.2, -0.15) is 0 Å². The Morgan fingerprint density at radius 2 is 1.35 bits per heavy atom. The molecule has 0 aromatic heterocycles. The van der Waals surface area contributed by atoms with Crippen LogP contribution in [0.15, 0.2) is 17.1 Å². The third-order valence-electron chi connectivity index (χ3n) is 7.69. The van der Waals surface area contributed by atoms with Crippen LogP contribution >= 0.6 is 0 Å². The molecule has 198 valence electrons. The van der Waals surface area contributed by atoms with E-state index in [0.717, 1.165) is 30.5 Å². The normalized spacial score (nSPS) is 19.0. The summed E-state index contributed by atoms with van der Waals surface area (Å²) in [5.74, 6) is 1.37. The second-order valence-electron chi connectivity index (χ2n) is 10.5. The average Bonchev–Trinajstić information content (AvgIpc) is 3.24. The molecule has 1 rings (SSSR count). The van der Waals surface area contributed by atoms with Crippen LogP contribution in [0.5, 0.6) is 0 Å². The van der Waals surface area contributed by atoms with Crippen molar-refractivity contribution in [3.63, 3.8) is 0 Å². The number of carbonyl (C=O) groups is 1. The Hall–Kier alpha value is -1.16. The van der Waals surface area contributed by atoms with Gasteiger partial charge < -0.3 is 5.32 Å². The Bertz CT molecular complexity index is 571. The van der Waals surface area contributed by atoms with Crippen LogP contribution in [0, 0.1) is 0 Å². The molecule has 0 spiro atoms. The van der Waals surface area contributed by atoms with Gasteiger partial charge in [-0.05, 0) is 32.6 Å². The monoisotopic (exact) mass is 476 g/mol. The van der Waals surface area contributed by atoms with Crippen molar-refractivity contribution in [2.45, 2.75) is 149 Å². The summed E-state index contributed by atoms with van der Waals surface area (Å²) in [4.78, 5) is 16.4. The van der Waals surface area contributed by atoms with Gasteiger partial charge >= 0.3 is 0 Å². The Morgan fingerprint density at radius 3 is 1.85 bits per heavy atom. The van der Waals surface area contributed by atoms with Crippen molar-refractivity contribution in [3.8, 4) is 0 Å². The van der Waals surface area contributed by atoms with Crippen LogP contribution in [0.1, 0.15) is 143 Å². The molecule has 1 heterocycles. The lowest BCUT2D eigenvalue weighted by Gasteiger charge is -2.39. The Balaban J connectivity index is 1.94. The average molecular weight is 477 g/mol. The number of unbranched alkanes of at least 4 members (excludes halogenated alkanes) is 15. The van der Waals surface area contributed by atoms with Gasteiger partial charge in [0.25, 0.3) is 0 Å². The van der Waals surface area contributed by atoms with Gasteiger partial charge in [-0.15, -0.1) is 0 Å². The molecule has 0 aliphatic carbocycles. The highest BCUT2D eigenvalue weighted by Gasteiger charge is 2.41. The molecule has 34 heavy (non-hydrogen) atoms. The van der Waals surface area contributed by atoms with E-state index in [2.05, 4.69) is 38.2 Å². The van der Waals surface area contributed by atoms with Crippen LogP contribution in [0.2, 0.25) is 0 Å². The summed E-state index contributed by atoms with van der Waals surface area (Å²) >= 11 is 0. The first kappa shape index (κ1) is 30.9. The Labute approximate surface area is 212 Å². The SMILES string of the molecule is CCCC/C=C/CCCCCCCCCCCCCCCC1=NCC[N+]1(CC)C(C)NC(C)=O. The molecular weight excluding hydrogens is 418 g/mol. The Kier molecular flexibility index (Phi) is 18.2. The molecule has 0 aromatic rings. The maximum atomic E-state index is 11.6. The molecule has 0 bridgehead atoms. The highest BCUT2D eigenvalue weighted by molar-refractivity contribution is 5.78. The second-order valence-corrected chi connectivity index (χ2v) is 10.5. The van der Waals surface area contributed by atoms with Gasteiger partial charge in [-0.1, -0.05) is 103 Å². The number of nitrogens with zero attached hydrogens (tertiary/aromatic N) is 2. The van der Waals surface area contributed by atoms with E-state index in [4.69, 9.17) is 4.99 Å². The summed E-state index contributed by atoms with van der Waals surface area (Å²) in [5.41, 5.74) is 0. The number of hydrogen-bond donors (Lipinski definition) is 1. The molecule has 2 unspecified atom stereocenters. The number of amides is 1. The van der Waals surface area contributed by atoms with Crippen molar-refractivity contribution in [2.75, 3.05) is 19.6 Å². The number of carbonyl (C=O) groups excluding carboxylic acids is 1. The predicted octanol–water partition coefficient (Wildman–Crippen LogP) is 8.32. The molecule has 4 heteroatoms. The molecule has 0 aromatic carbocycles. The number of allylic oxidation sites excluding steroid dienone is 2. The first-order chi connectivity index (χ1) is 16.6. The van der Waals surface area contributed by atoms with E-state index in [1.165, 1.54) is 115 Å². The zero-order valence-electron chi connectivity index (χ0n) is 23.4. The topological polar surface area (TPSA) is 41.5 Å². The van der Waals surface area contributed by atoms with Crippen molar-refractivity contribution in [1.82, 2.24) is 5.32 Å². The smallest absolute Gasteiger partial charge is 0.221 e. The number of rotatable bonds is 22. The summed E-state index contributed by atoms with van der Waals surface area (Å²) in [5, 5.41) is 3.12. The summed E-state index contributed by atoms with van der Waals surface area (Å²) in [6.07, 6.45) is 29.2. The predicted molar refractivity (Wildman–Crippen MR) is 149 cm³/mol. The van der Waals surface area contributed by atoms with Crippen molar-refractivity contribution >= 4 is 11.7 Å². The number of quaternary nitrogens is 1. The zero-order chi connectivity index (χ0) is 24.9. The van der Waals surface area contributed by atoms with E-state index < -0.39 is 0 Å². The van der Waals surface area contributed by atoms with Gasteiger partial charge in [0.2, 0.25) is 5.91 Å². The Morgan fingerprint density at radius 1 is 0.853 bits per heavy atom. The van der Waals surface area contributed by atoms with Gasteiger partial charge in [0, 0.05) is 20.3 Å². The summed E-state index contributed by atoms with van der Waals surface area (Å²) in [6.45, 7) is 11.2. The minimum absolute atomic E-state index is 0.0610. The van der Waals surface area contributed by atoms with Crippen LogP contribution in [0.25, 0.3) is 0 Å². The third-order valence-corrected chi connectivity index (χ3v) is 7.69. The highest BCUT2D eigenvalue weighted by Crippen LogP contribution is 2.23. The minimum atomic E-state index is 0.0610. The van der Waals surface area contributed by atoms with Crippen LogP contribution in [-0.4, -0.2) is 42.0 Å². The molecule has 1 N–H and O–H groups in total. The van der Waals surface area contributed by atoms with Crippen LogP contribution in [-0.2, 0) is 4.79 Å². The molecule has 1 aliphatic heterocycles. The van der Waals surface area contributed by atoms with Gasteiger partial charge in [0.15, 0.2) is 12.0 Å². The van der Waals surface area contributed by atoms with Crippen molar-refractivity contribution < 1.29 is 9.28 Å². The lowest BCUT2D eigenvalue weighted by molar-refractivity contribution is -0.861. The molecule has 0 radical (unpaired) electrons. The maximum absolute atomic E-state index is 11.6. The molecular formula is C30H58N3O+. The second kappa shape index (κ2) is 20.1. The molecule has 0 saturated carbocycles. The number of hydrogen-bond acceptors (Lipinski definition) is 2. The van der Waals surface area contributed by atoms with Crippen molar-refractivity contribution in [3.05, 3.63) is 12.2 Å². The molecule has 4 nitrogen and oxygen atoms in total. The van der Waals surface area contributed by atoms with Crippen LogP contribution < -0.4 is 5.32 Å². The molecule has 0 saturated heterocycles. The number of nitrogens with one attached hydrogen (secondary N) is 1. The van der Waals surface area contributed by atoms with E-state index in [1.54, 1.807) is 6.92 Å². The van der Waals surface area contributed by atoms with E-state index in [-0.39, 0.29) is 12.1 Å². The summed E-state index contributed by atoms with van der Waals surface area (Å²) in [7, 11) is 0. The molecule has 1 aliphatic rings. The lowest BCUT2D eigenvalue weighted by atomic mass is 10.0. The third kappa shape index (κ3) is 13.1. The van der Waals surface area contributed by atoms with Gasteiger partial charge in [0.05, 0.1) is 13.1 Å². The van der Waals surface area contributed by atoms with Crippen LogP contribution in [0.4, 0.5) is 0 Å². The van der Waals surface area contributed by atoms with Crippen molar-refractivity contribution in [1.29, 1.82) is 0 Å². The first-order valence-corrected chi connectivity index (χ1v) is 14.9. The fourth-order valence-electron chi connectivity index (χ4n) is 5.43. The molecule has 0 fully saturated rings. The number of amidine groups is 1. The van der Waals surface area contributed by atoms with Crippen molar-refractivity contribution in [2.24, 2.45) is 4.99 Å². The van der Waals surface area contributed by atoms with E-state index in [0.29, 0.717) is 0 Å². The van der Waals surface area contributed by atoms with Crippen LogP contribution in [0.3, 0.4) is 0 Å². The minimum Gasteiger partial charge on any atom is -0.307 e. The fourth-order valence-corrected chi connectivity index (χ4v) is 5.43. The fraction of sp³-hybridized carbons (Fsp3) is 0.867. The van der Waals surface area contributed by atoms with Gasteiger partial charge in [-0.25, -0.2) is 4.99 Å². The maximum Gasteiger partial charge on any atom is 0.221 e. The van der Waals surface area contributed by atoms with E-state index >= 15 is 0 Å². The van der Waals surface area contributed by atoms with Gasteiger partial charge in [0.1, 0.15) is 6.54 Å².